The Bertz CT molecular complexity index is 608. The van der Waals surface area contributed by atoms with Crippen LogP contribution in [0.3, 0.4) is 0 Å². The van der Waals surface area contributed by atoms with E-state index in [-0.39, 0.29) is 5.78 Å². The van der Waals surface area contributed by atoms with Gasteiger partial charge < -0.3 is 10.5 Å². The fraction of sp³-hybridized carbons (Fsp3) is 0.316. The Morgan fingerprint density at radius 1 is 1.14 bits per heavy atom. The largest absolute Gasteiger partial charge is 0.491 e. The Hall–Kier alpha value is -2.29. The Balaban J connectivity index is 1.84. The van der Waals surface area contributed by atoms with Crippen LogP contribution < -0.4 is 10.5 Å². The smallest absolute Gasteiger partial charge is 0.162 e. The normalized spacial score (nSPS) is 10.4. The number of ether oxygens (including phenoxy) is 1. The summed E-state index contributed by atoms with van der Waals surface area (Å²) in [7, 11) is 0. The second-order valence-electron chi connectivity index (χ2n) is 5.36. The third kappa shape index (κ3) is 4.62. The number of carbonyl (C=O) groups is 1. The van der Waals surface area contributed by atoms with Crippen LogP contribution in [-0.4, -0.2) is 12.4 Å². The molecule has 3 nitrogen and oxygen atoms in total. The van der Waals surface area contributed by atoms with E-state index in [4.69, 9.17) is 10.5 Å². The molecule has 2 rings (SSSR count). The Morgan fingerprint density at radius 2 is 1.91 bits per heavy atom. The molecule has 0 saturated carbocycles. The lowest BCUT2D eigenvalue weighted by atomic mass is 10.1. The van der Waals surface area contributed by atoms with E-state index in [0.717, 1.165) is 19.3 Å². The summed E-state index contributed by atoms with van der Waals surface area (Å²) in [5.41, 5.74) is 8.47. The fourth-order valence-corrected chi connectivity index (χ4v) is 2.33. The van der Waals surface area contributed by atoms with Gasteiger partial charge in [-0.15, -0.1) is 0 Å². The van der Waals surface area contributed by atoms with Crippen LogP contribution in [0.1, 0.15) is 42.1 Å². The first-order valence-electron chi connectivity index (χ1n) is 7.80. The highest BCUT2D eigenvalue weighted by Gasteiger charge is 2.08. The zero-order valence-electron chi connectivity index (χ0n) is 13.0. The molecule has 0 radical (unpaired) electrons. The van der Waals surface area contributed by atoms with Crippen molar-refractivity contribution >= 4 is 11.5 Å². The maximum Gasteiger partial charge on any atom is 0.162 e. The average Bonchev–Trinajstić information content (AvgIpc) is 2.54. The predicted octanol–water partition coefficient (Wildman–Crippen LogP) is 4.26. The molecule has 0 atom stereocenters. The molecule has 0 bridgehead atoms. The number of anilines is 1. The molecule has 2 aromatic carbocycles. The van der Waals surface area contributed by atoms with Crippen LogP contribution in [0.15, 0.2) is 48.5 Å². The van der Waals surface area contributed by atoms with E-state index in [1.54, 1.807) is 18.2 Å². The molecule has 0 aliphatic rings. The van der Waals surface area contributed by atoms with E-state index in [0.29, 0.717) is 30.0 Å². The molecule has 116 valence electrons. The summed E-state index contributed by atoms with van der Waals surface area (Å²) in [5, 5.41) is 0. The lowest BCUT2D eigenvalue weighted by Gasteiger charge is -2.10. The van der Waals surface area contributed by atoms with E-state index in [1.165, 1.54) is 5.56 Å². The molecule has 0 saturated heterocycles. The SMILES string of the molecule is CCCC(=O)c1ccc(OCCCc2ccccc2)c(N)c1. The van der Waals surface area contributed by atoms with Crippen molar-refractivity contribution in [3.8, 4) is 5.75 Å². The van der Waals surface area contributed by atoms with E-state index < -0.39 is 0 Å². The van der Waals surface area contributed by atoms with Crippen LogP contribution >= 0.6 is 0 Å². The Kier molecular flexibility index (Phi) is 6.01. The molecule has 0 unspecified atom stereocenters. The number of hydrogen-bond acceptors (Lipinski definition) is 3. The summed E-state index contributed by atoms with van der Waals surface area (Å²) in [5.74, 6) is 0.783. The van der Waals surface area contributed by atoms with Gasteiger partial charge >= 0.3 is 0 Å². The summed E-state index contributed by atoms with van der Waals surface area (Å²) in [6.45, 7) is 2.60. The number of ketones is 1. The second kappa shape index (κ2) is 8.23. The van der Waals surface area contributed by atoms with E-state index in [1.807, 2.05) is 25.1 Å². The number of nitrogens with two attached hydrogens (primary N) is 1. The number of carbonyl (C=O) groups excluding carboxylic acids is 1. The van der Waals surface area contributed by atoms with Crippen molar-refractivity contribution in [2.45, 2.75) is 32.6 Å². The van der Waals surface area contributed by atoms with Gasteiger partial charge in [0, 0.05) is 12.0 Å². The quantitative estimate of drug-likeness (QED) is 0.450. The lowest BCUT2D eigenvalue weighted by molar-refractivity contribution is 0.0982. The van der Waals surface area contributed by atoms with Gasteiger partial charge in [-0.1, -0.05) is 37.3 Å². The number of rotatable bonds is 8. The van der Waals surface area contributed by atoms with Crippen molar-refractivity contribution in [1.29, 1.82) is 0 Å². The minimum Gasteiger partial charge on any atom is -0.491 e. The number of aryl methyl sites for hydroxylation is 1. The zero-order chi connectivity index (χ0) is 15.8. The average molecular weight is 297 g/mol. The fourth-order valence-electron chi connectivity index (χ4n) is 2.33. The Morgan fingerprint density at radius 3 is 2.59 bits per heavy atom. The van der Waals surface area contributed by atoms with Crippen molar-refractivity contribution in [2.75, 3.05) is 12.3 Å². The molecule has 0 aliphatic heterocycles. The maximum atomic E-state index is 11.8. The first-order valence-corrected chi connectivity index (χ1v) is 7.80. The summed E-state index contributed by atoms with van der Waals surface area (Å²) < 4.78 is 5.72. The van der Waals surface area contributed by atoms with Crippen molar-refractivity contribution in [3.05, 3.63) is 59.7 Å². The molecule has 0 fully saturated rings. The molecule has 22 heavy (non-hydrogen) atoms. The third-order valence-corrected chi connectivity index (χ3v) is 3.52. The number of nitrogen functional groups attached to an aromatic ring is 1. The van der Waals surface area contributed by atoms with Gasteiger partial charge in [0.25, 0.3) is 0 Å². The molecule has 0 heterocycles. The highest BCUT2D eigenvalue weighted by molar-refractivity contribution is 5.97. The molecule has 0 aromatic heterocycles. The minimum atomic E-state index is 0.129. The van der Waals surface area contributed by atoms with Gasteiger partial charge in [0.1, 0.15) is 5.75 Å². The summed E-state index contributed by atoms with van der Waals surface area (Å²) in [6.07, 6.45) is 3.31. The van der Waals surface area contributed by atoms with Gasteiger partial charge in [-0.2, -0.15) is 0 Å². The highest BCUT2D eigenvalue weighted by Crippen LogP contribution is 2.23. The molecule has 2 aromatic rings. The monoisotopic (exact) mass is 297 g/mol. The van der Waals surface area contributed by atoms with E-state index in [9.17, 15) is 4.79 Å². The molecule has 0 spiro atoms. The van der Waals surface area contributed by atoms with Gasteiger partial charge in [-0.25, -0.2) is 0 Å². The van der Waals surface area contributed by atoms with Crippen LogP contribution in [0.2, 0.25) is 0 Å². The van der Waals surface area contributed by atoms with Gasteiger partial charge in [0.15, 0.2) is 5.78 Å². The third-order valence-electron chi connectivity index (χ3n) is 3.52. The number of Topliss-reactive ketones (excluding diaryl/α,β-unsaturated/α-hetero) is 1. The van der Waals surface area contributed by atoms with Crippen LogP contribution in [-0.2, 0) is 6.42 Å². The molecular weight excluding hydrogens is 274 g/mol. The molecular formula is C19H23NO2. The van der Waals surface area contributed by atoms with Crippen molar-refractivity contribution in [1.82, 2.24) is 0 Å². The molecule has 0 amide bonds. The maximum absolute atomic E-state index is 11.8. The van der Waals surface area contributed by atoms with Crippen molar-refractivity contribution < 1.29 is 9.53 Å². The van der Waals surface area contributed by atoms with Gasteiger partial charge in [0.2, 0.25) is 0 Å². The summed E-state index contributed by atoms with van der Waals surface area (Å²) in [6, 6.07) is 15.6. The van der Waals surface area contributed by atoms with E-state index in [2.05, 4.69) is 12.1 Å². The molecule has 2 N–H and O–H groups in total. The van der Waals surface area contributed by atoms with Gasteiger partial charge in [-0.05, 0) is 43.0 Å². The van der Waals surface area contributed by atoms with Gasteiger partial charge in [0.05, 0.1) is 12.3 Å². The molecule has 3 heteroatoms. The summed E-state index contributed by atoms with van der Waals surface area (Å²) in [4.78, 5) is 11.8. The van der Waals surface area contributed by atoms with Crippen LogP contribution in [0.4, 0.5) is 5.69 Å². The first-order chi connectivity index (χ1) is 10.7. The first kappa shape index (κ1) is 16.1. The zero-order valence-corrected chi connectivity index (χ0v) is 13.0. The lowest BCUT2D eigenvalue weighted by Crippen LogP contribution is -2.04. The van der Waals surface area contributed by atoms with Crippen LogP contribution in [0.5, 0.6) is 5.75 Å². The number of hydrogen-bond donors (Lipinski definition) is 1. The molecule has 0 aliphatic carbocycles. The minimum absolute atomic E-state index is 0.129. The number of benzene rings is 2. The topological polar surface area (TPSA) is 52.3 Å². The summed E-state index contributed by atoms with van der Waals surface area (Å²) >= 11 is 0. The van der Waals surface area contributed by atoms with Gasteiger partial charge in [-0.3, -0.25) is 4.79 Å². The van der Waals surface area contributed by atoms with Crippen LogP contribution in [0.25, 0.3) is 0 Å². The van der Waals surface area contributed by atoms with Crippen LogP contribution in [0, 0.1) is 0 Å². The van der Waals surface area contributed by atoms with Crippen molar-refractivity contribution in [3.63, 3.8) is 0 Å². The second-order valence-corrected chi connectivity index (χ2v) is 5.36. The standard InChI is InChI=1S/C19H23NO2/c1-2-7-18(21)16-11-12-19(17(20)14-16)22-13-6-10-15-8-4-3-5-9-15/h3-5,8-9,11-12,14H,2,6-7,10,13,20H2,1H3. The Labute approximate surface area is 132 Å². The van der Waals surface area contributed by atoms with E-state index >= 15 is 0 Å². The predicted molar refractivity (Wildman–Crippen MR) is 90.4 cm³/mol. The van der Waals surface area contributed by atoms with Crippen molar-refractivity contribution in [2.24, 2.45) is 0 Å². The highest BCUT2D eigenvalue weighted by atomic mass is 16.5.